The molecule has 0 radical (unpaired) electrons. The summed E-state index contributed by atoms with van der Waals surface area (Å²) in [5, 5.41) is 0. The number of carbonyl (C=O) groups is 1. The molecule has 202 valence electrons. The maximum atomic E-state index is 12.8. The number of hydrogen-bond donors (Lipinski definition) is 0. The van der Waals surface area contributed by atoms with Crippen LogP contribution in [-0.2, 0) is 36.0 Å². The van der Waals surface area contributed by atoms with Gasteiger partial charge in [-0.05, 0) is 62.8 Å². The van der Waals surface area contributed by atoms with Gasteiger partial charge in [0.25, 0.3) is 0 Å². The van der Waals surface area contributed by atoms with Crippen molar-refractivity contribution in [1.29, 1.82) is 0 Å². The molecule has 2 aromatic carbocycles. The summed E-state index contributed by atoms with van der Waals surface area (Å²) < 4.78 is 34.7. The maximum absolute atomic E-state index is 12.8. The number of methoxy groups -OCH3 is 1. The number of hydrogen-bond acceptors (Lipinski definition) is 8. The van der Waals surface area contributed by atoms with Crippen LogP contribution in [0.4, 0.5) is 11.4 Å². The molecule has 0 aliphatic carbocycles. The van der Waals surface area contributed by atoms with Gasteiger partial charge in [0.1, 0.15) is 11.5 Å². The largest absolute Gasteiger partial charge is 0.469 e. The second kappa shape index (κ2) is 12.8. The Bertz CT molecular complexity index is 1110. The Morgan fingerprint density at radius 2 is 1.41 bits per heavy atom. The summed E-state index contributed by atoms with van der Waals surface area (Å²) in [6.07, 6.45) is 4.34. The SMILES string of the molecule is CCOP(=O)(CCCN1CCc2ccc(Oc3ccc4c(c3)N(CCCC(=O)OC)CC4)cc21)OCC. The Balaban J connectivity index is 1.38. The molecule has 0 aromatic heterocycles. The molecule has 0 amide bonds. The summed E-state index contributed by atoms with van der Waals surface area (Å²) in [5.74, 6) is 1.44. The summed E-state index contributed by atoms with van der Waals surface area (Å²) >= 11 is 0. The van der Waals surface area contributed by atoms with Crippen LogP contribution < -0.4 is 14.5 Å². The molecule has 4 rings (SSSR count). The molecule has 0 saturated carbocycles. The third-order valence-corrected chi connectivity index (χ3v) is 9.05. The van der Waals surface area contributed by atoms with Crippen molar-refractivity contribution in [2.45, 2.75) is 46.0 Å². The van der Waals surface area contributed by atoms with Crippen LogP contribution in [0.5, 0.6) is 11.5 Å². The lowest BCUT2D eigenvalue weighted by Crippen LogP contribution is -2.22. The number of rotatable bonds is 14. The molecule has 0 atom stereocenters. The van der Waals surface area contributed by atoms with Crippen LogP contribution in [0.3, 0.4) is 0 Å². The number of nitrogens with zero attached hydrogens (tertiary/aromatic N) is 2. The van der Waals surface area contributed by atoms with Crippen LogP contribution >= 0.6 is 7.60 Å². The minimum Gasteiger partial charge on any atom is -0.469 e. The molecule has 2 aliphatic heterocycles. The molecule has 0 saturated heterocycles. The Kier molecular flexibility index (Phi) is 9.52. The van der Waals surface area contributed by atoms with Gasteiger partial charge in [0.2, 0.25) is 0 Å². The summed E-state index contributed by atoms with van der Waals surface area (Å²) in [6.45, 7) is 7.95. The fourth-order valence-electron chi connectivity index (χ4n) is 5.11. The van der Waals surface area contributed by atoms with Crippen molar-refractivity contribution in [2.75, 3.05) is 62.5 Å². The lowest BCUT2D eigenvalue weighted by atomic mass is 10.1. The number of esters is 1. The van der Waals surface area contributed by atoms with Crippen molar-refractivity contribution >= 4 is 24.9 Å². The Morgan fingerprint density at radius 3 is 1.92 bits per heavy atom. The van der Waals surface area contributed by atoms with E-state index in [0.29, 0.717) is 25.8 Å². The number of carbonyl (C=O) groups excluding carboxylic acids is 1. The summed E-state index contributed by atoms with van der Waals surface area (Å²) in [4.78, 5) is 16.1. The Morgan fingerprint density at radius 1 is 0.865 bits per heavy atom. The third-order valence-electron chi connectivity index (χ3n) is 6.88. The zero-order chi connectivity index (χ0) is 26.3. The first-order valence-corrected chi connectivity index (χ1v) is 15.1. The van der Waals surface area contributed by atoms with Crippen LogP contribution in [-0.4, -0.2) is 58.6 Å². The Labute approximate surface area is 220 Å². The van der Waals surface area contributed by atoms with E-state index in [2.05, 4.69) is 34.1 Å². The average molecular weight is 531 g/mol. The standard InChI is InChI=1S/C28H39N2O6P/c1-4-34-37(32,35-5-2)19-7-16-30-18-14-23-10-12-25(21-27(23)30)36-24-11-9-22-13-17-29(26(22)20-24)15-6-8-28(31)33-3/h9-12,20-21H,4-8,13-19H2,1-3H3. The highest BCUT2D eigenvalue weighted by Crippen LogP contribution is 2.48. The molecule has 8 nitrogen and oxygen atoms in total. The van der Waals surface area contributed by atoms with Crippen molar-refractivity contribution in [1.82, 2.24) is 0 Å². The van der Waals surface area contributed by atoms with E-state index < -0.39 is 7.60 Å². The molecule has 2 heterocycles. The number of benzene rings is 2. The predicted molar refractivity (Wildman–Crippen MR) is 146 cm³/mol. The second-order valence-electron chi connectivity index (χ2n) is 9.36. The van der Waals surface area contributed by atoms with Crippen molar-refractivity contribution in [3.8, 4) is 11.5 Å². The lowest BCUT2D eigenvalue weighted by Gasteiger charge is -2.22. The molecule has 0 bridgehead atoms. The molecule has 0 N–H and O–H groups in total. The first-order valence-electron chi connectivity index (χ1n) is 13.3. The smallest absolute Gasteiger partial charge is 0.330 e. The van der Waals surface area contributed by atoms with Crippen LogP contribution in [0.1, 0.15) is 44.2 Å². The molecule has 0 fully saturated rings. The van der Waals surface area contributed by atoms with Gasteiger partial charge in [0, 0.05) is 56.1 Å². The predicted octanol–water partition coefficient (Wildman–Crippen LogP) is 5.81. The summed E-state index contributed by atoms with van der Waals surface area (Å²) in [5.41, 5.74) is 4.96. The monoisotopic (exact) mass is 530 g/mol. The minimum atomic E-state index is -3.02. The van der Waals surface area contributed by atoms with E-state index in [0.717, 1.165) is 63.4 Å². The molecule has 2 aliphatic rings. The van der Waals surface area contributed by atoms with Crippen molar-refractivity contribution in [2.24, 2.45) is 0 Å². The molecule has 0 unspecified atom stereocenters. The van der Waals surface area contributed by atoms with E-state index in [4.69, 9.17) is 18.5 Å². The van der Waals surface area contributed by atoms with Crippen LogP contribution in [0.25, 0.3) is 0 Å². The first kappa shape index (κ1) is 27.5. The highest BCUT2D eigenvalue weighted by atomic mass is 31.2. The van der Waals surface area contributed by atoms with Gasteiger partial charge in [-0.3, -0.25) is 9.36 Å². The van der Waals surface area contributed by atoms with Gasteiger partial charge in [0.15, 0.2) is 0 Å². The summed E-state index contributed by atoms with van der Waals surface area (Å²) in [6, 6.07) is 12.5. The van der Waals surface area contributed by atoms with Crippen LogP contribution in [0.15, 0.2) is 36.4 Å². The average Bonchev–Trinajstić information content (AvgIpc) is 3.48. The second-order valence-corrected chi connectivity index (χ2v) is 11.5. The van der Waals surface area contributed by atoms with Crippen molar-refractivity contribution in [3.63, 3.8) is 0 Å². The van der Waals surface area contributed by atoms with E-state index in [1.54, 1.807) is 0 Å². The van der Waals surface area contributed by atoms with Gasteiger partial charge in [0.05, 0.1) is 26.5 Å². The normalized spacial score (nSPS) is 14.6. The van der Waals surface area contributed by atoms with Gasteiger partial charge >= 0.3 is 13.6 Å². The fraction of sp³-hybridized carbons (Fsp3) is 0.536. The van der Waals surface area contributed by atoms with Gasteiger partial charge in [-0.2, -0.15) is 0 Å². The van der Waals surface area contributed by atoms with Crippen LogP contribution in [0, 0.1) is 0 Å². The lowest BCUT2D eigenvalue weighted by molar-refractivity contribution is -0.140. The third kappa shape index (κ3) is 7.07. The highest BCUT2D eigenvalue weighted by molar-refractivity contribution is 7.53. The quantitative estimate of drug-likeness (QED) is 0.224. The molecule has 9 heteroatoms. The minimum absolute atomic E-state index is 0.167. The van der Waals surface area contributed by atoms with Gasteiger partial charge in [-0.25, -0.2) is 0 Å². The topological polar surface area (TPSA) is 77.5 Å². The molecule has 2 aromatic rings. The fourth-order valence-corrected chi connectivity index (χ4v) is 6.76. The van der Waals surface area contributed by atoms with Gasteiger partial charge in [-0.1, -0.05) is 12.1 Å². The molecular weight excluding hydrogens is 491 g/mol. The van der Waals surface area contributed by atoms with Gasteiger partial charge < -0.3 is 28.3 Å². The zero-order valence-electron chi connectivity index (χ0n) is 22.2. The molecule has 0 spiro atoms. The number of fused-ring (bicyclic) bond motifs is 2. The zero-order valence-corrected chi connectivity index (χ0v) is 23.1. The summed E-state index contributed by atoms with van der Waals surface area (Å²) in [7, 11) is -1.59. The van der Waals surface area contributed by atoms with Crippen molar-refractivity contribution < 1.29 is 27.9 Å². The first-order chi connectivity index (χ1) is 17.9. The molecule has 37 heavy (non-hydrogen) atoms. The van der Waals surface area contributed by atoms with E-state index in [1.165, 1.54) is 29.6 Å². The number of ether oxygens (including phenoxy) is 2. The van der Waals surface area contributed by atoms with Gasteiger partial charge in [-0.15, -0.1) is 0 Å². The number of anilines is 2. The maximum Gasteiger partial charge on any atom is 0.330 e. The Hall–Kier alpha value is -2.54. The van der Waals surface area contributed by atoms with E-state index in [1.807, 2.05) is 26.0 Å². The van der Waals surface area contributed by atoms with Crippen molar-refractivity contribution in [3.05, 3.63) is 47.5 Å². The van der Waals surface area contributed by atoms with E-state index in [-0.39, 0.29) is 5.97 Å². The van der Waals surface area contributed by atoms with E-state index >= 15 is 0 Å². The van der Waals surface area contributed by atoms with E-state index in [9.17, 15) is 9.36 Å². The molecular formula is C28H39N2O6P. The van der Waals surface area contributed by atoms with Crippen LogP contribution in [0.2, 0.25) is 0 Å². The highest BCUT2D eigenvalue weighted by Gasteiger charge is 2.25.